The number of hydrogen-bond acceptors (Lipinski definition) is 5. The quantitative estimate of drug-likeness (QED) is 0.507. The Labute approximate surface area is 161 Å². The minimum absolute atomic E-state index is 0.162. The molecule has 27 heavy (non-hydrogen) atoms. The lowest BCUT2D eigenvalue weighted by atomic mass is 10.2. The van der Waals surface area contributed by atoms with Crippen LogP contribution in [0, 0.1) is 12.7 Å². The van der Waals surface area contributed by atoms with Gasteiger partial charge in [0.25, 0.3) is 0 Å². The SMILES string of the molecule is COc1ccc(-c2nc(C)cc(SCC(=O)Nc3cccc(F)c3)n2)cc1. The first-order chi connectivity index (χ1) is 13.0. The van der Waals surface area contributed by atoms with Crippen LogP contribution >= 0.6 is 11.8 Å². The summed E-state index contributed by atoms with van der Waals surface area (Å²) in [5, 5.41) is 3.37. The van der Waals surface area contributed by atoms with Crippen LogP contribution in [0.15, 0.2) is 59.6 Å². The second kappa shape index (κ2) is 8.64. The Morgan fingerprint density at radius 2 is 1.93 bits per heavy atom. The van der Waals surface area contributed by atoms with Crippen LogP contribution in [0.2, 0.25) is 0 Å². The standard InChI is InChI=1S/C20H18FN3O2S/c1-13-10-19(24-20(22-13)14-6-8-17(26-2)9-7-14)27-12-18(25)23-16-5-3-4-15(21)11-16/h3-11H,12H2,1-2H3,(H,23,25). The Hall–Kier alpha value is -2.93. The minimum atomic E-state index is -0.393. The summed E-state index contributed by atoms with van der Waals surface area (Å²) < 4.78 is 18.3. The first-order valence-corrected chi connectivity index (χ1v) is 9.20. The summed E-state index contributed by atoms with van der Waals surface area (Å²) in [5.74, 6) is 0.888. The summed E-state index contributed by atoms with van der Waals surface area (Å²) in [4.78, 5) is 21.1. The lowest BCUT2D eigenvalue weighted by Gasteiger charge is -2.08. The number of aryl methyl sites for hydroxylation is 1. The maximum absolute atomic E-state index is 13.2. The zero-order valence-corrected chi connectivity index (χ0v) is 15.7. The van der Waals surface area contributed by atoms with E-state index in [1.807, 2.05) is 37.3 Å². The molecule has 1 heterocycles. The highest BCUT2D eigenvalue weighted by atomic mass is 32.2. The van der Waals surface area contributed by atoms with Crippen molar-refractivity contribution < 1.29 is 13.9 Å². The molecule has 0 radical (unpaired) electrons. The molecule has 3 aromatic rings. The number of anilines is 1. The van der Waals surface area contributed by atoms with Gasteiger partial charge in [0.1, 0.15) is 16.6 Å². The van der Waals surface area contributed by atoms with E-state index in [1.165, 1.54) is 23.9 Å². The van der Waals surface area contributed by atoms with E-state index in [0.717, 1.165) is 17.0 Å². The molecule has 7 heteroatoms. The smallest absolute Gasteiger partial charge is 0.234 e. The zero-order chi connectivity index (χ0) is 19.2. The van der Waals surface area contributed by atoms with Gasteiger partial charge in [-0.2, -0.15) is 0 Å². The average Bonchev–Trinajstić information content (AvgIpc) is 2.66. The summed E-state index contributed by atoms with van der Waals surface area (Å²) in [5.41, 5.74) is 2.10. The number of benzene rings is 2. The number of halogens is 1. The van der Waals surface area contributed by atoms with Crippen molar-refractivity contribution >= 4 is 23.4 Å². The number of carbonyl (C=O) groups is 1. The predicted molar refractivity (Wildman–Crippen MR) is 105 cm³/mol. The number of hydrogen-bond donors (Lipinski definition) is 1. The fraction of sp³-hybridized carbons (Fsp3) is 0.150. The van der Waals surface area contributed by atoms with Gasteiger partial charge in [-0.25, -0.2) is 14.4 Å². The van der Waals surface area contributed by atoms with Gasteiger partial charge in [0.05, 0.1) is 12.9 Å². The molecule has 1 amide bonds. The highest BCUT2D eigenvalue weighted by Crippen LogP contribution is 2.23. The molecule has 0 atom stereocenters. The van der Waals surface area contributed by atoms with E-state index in [2.05, 4.69) is 15.3 Å². The topological polar surface area (TPSA) is 64.1 Å². The number of carbonyl (C=O) groups excluding carboxylic acids is 1. The van der Waals surface area contributed by atoms with E-state index in [-0.39, 0.29) is 11.7 Å². The van der Waals surface area contributed by atoms with Crippen molar-refractivity contribution in [3.8, 4) is 17.1 Å². The normalized spacial score (nSPS) is 10.5. The molecule has 1 aromatic heterocycles. The first kappa shape index (κ1) is 18.8. The number of methoxy groups -OCH3 is 1. The first-order valence-electron chi connectivity index (χ1n) is 8.22. The fourth-order valence-corrected chi connectivity index (χ4v) is 3.14. The van der Waals surface area contributed by atoms with Crippen LogP contribution in [0.5, 0.6) is 5.75 Å². The Balaban J connectivity index is 1.67. The van der Waals surface area contributed by atoms with E-state index < -0.39 is 5.82 Å². The van der Waals surface area contributed by atoms with E-state index >= 15 is 0 Å². The highest BCUT2D eigenvalue weighted by molar-refractivity contribution is 7.99. The Morgan fingerprint density at radius 3 is 2.63 bits per heavy atom. The molecule has 138 valence electrons. The van der Waals surface area contributed by atoms with Crippen LogP contribution in [0.4, 0.5) is 10.1 Å². The third-order valence-corrected chi connectivity index (χ3v) is 4.55. The molecule has 0 aliphatic heterocycles. The Kier molecular flexibility index (Phi) is 6.03. The third kappa shape index (κ3) is 5.27. The van der Waals surface area contributed by atoms with E-state index in [1.54, 1.807) is 19.2 Å². The molecular weight excluding hydrogens is 365 g/mol. The molecule has 0 aliphatic rings. The predicted octanol–water partition coefficient (Wildman–Crippen LogP) is 4.33. The summed E-state index contributed by atoms with van der Waals surface area (Å²) >= 11 is 1.30. The van der Waals surface area contributed by atoms with Crippen molar-refractivity contribution in [1.82, 2.24) is 9.97 Å². The molecule has 3 rings (SSSR count). The maximum Gasteiger partial charge on any atom is 0.234 e. The maximum atomic E-state index is 13.2. The molecule has 0 unspecified atom stereocenters. The zero-order valence-electron chi connectivity index (χ0n) is 14.9. The molecule has 0 saturated heterocycles. The molecule has 5 nitrogen and oxygen atoms in total. The highest BCUT2D eigenvalue weighted by Gasteiger charge is 2.09. The second-order valence-electron chi connectivity index (χ2n) is 5.75. The van der Waals surface area contributed by atoms with Crippen molar-refractivity contribution in [3.05, 3.63) is 66.1 Å². The Bertz CT molecular complexity index is 948. The monoisotopic (exact) mass is 383 g/mol. The van der Waals surface area contributed by atoms with Crippen molar-refractivity contribution in [2.75, 3.05) is 18.2 Å². The van der Waals surface area contributed by atoms with Gasteiger partial charge in [-0.1, -0.05) is 17.8 Å². The van der Waals surface area contributed by atoms with E-state index in [9.17, 15) is 9.18 Å². The largest absolute Gasteiger partial charge is 0.497 e. The number of aromatic nitrogens is 2. The number of amides is 1. The number of ether oxygens (including phenoxy) is 1. The van der Waals surface area contributed by atoms with Gasteiger partial charge in [0.15, 0.2) is 5.82 Å². The molecule has 0 bridgehead atoms. The van der Waals surface area contributed by atoms with Crippen LogP contribution < -0.4 is 10.1 Å². The lowest BCUT2D eigenvalue weighted by Crippen LogP contribution is -2.14. The lowest BCUT2D eigenvalue weighted by molar-refractivity contribution is -0.113. The summed E-state index contributed by atoms with van der Waals surface area (Å²) in [6.45, 7) is 1.88. The fourth-order valence-electron chi connectivity index (χ4n) is 2.39. The van der Waals surface area contributed by atoms with Crippen LogP contribution in [0.25, 0.3) is 11.4 Å². The number of nitrogens with one attached hydrogen (secondary N) is 1. The molecular formula is C20H18FN3O2S. The van der Waals surface area contributed by atoms with Crippen molar-refractivity contribution in [1.29, 1.82) is 0 Å². The molecule has 0 spiro atoms. The molecule has 0 saturated carbocycles. The van der Waals surface area contributed by atoms with E-state index in [4.69, 9.17) is 4.74 Å². The van der Waals surface area contributed by atoms with Gasteiger partial charge in [-0.05, 0) is 55.5 Å². The number of rotatable bonds is 6. The van der Waals surface area contributed by atoms with E-state index in [0.29, 0.717) is 16.5 Å². The molecule has 0 fully saturated rings. The van der Waals surface area contributed by atoms with Crippen LogP contribution in [0.1, 0.15) is 5.69 Å². The number of thioether (sulfide) groups is 1. The molecule has 2 aromatic carbocycles. The van der Waals surface area contributed by atoms with Gasteiger partial charge in [0, 0.05) is 16.9 Å². The van der Waals surface area contributed by atoms with Gasteiger partial charge >= 0.3 is 0 Å². The number of nitrogens with zero attached hydrogens (tertiary/aromatic N) is 2. The van der Waals surface area contributed by atoms with Gasteiger partial charge in [-0.3, -0.25) is 4.79 Å². The summed E-state index contributed by atoms with van der Waals surface area (Å²) in [6, 6.07) is 15.1. The Morgan fingerprint density at radius 1 is 1.15 bits per heavy atom. The van der Waals surface area contributed by atoms with Crippen molar-refractivity contribution in [2.24, 2.45) is 0 Å². The van der Waals surface area contributed by atoms with Crippen molar-refractivity contribution in [2.45, 2.75) is 11.9 Å². The molecule has 1 N–H and O–H groups in total. The van der Waals surface area contributed by atoms with Crippen molar-refractivity contribution in [3.63, 3.8) is 0 Å². The van der Waals surface area contributed by atoms with Crippen LogP contribution in [0.3, 0.4) is 0 Å². The average molecular weight is 383 g/mol. The van der Waals surface area contributed by atoms with Gasteiger partial charge in [0.2, 0.25) is 5.91 Å². The van der Waals surface area contributed by atoms with Gasteiger partial charge in [-0.15, -0.1) is 0 Å². The van der Waals surface area contributed by atoms with Crippen LogP contribution in [-0.2, 0) is 4.79 Å². The minimum Gasteiger partial charge on any atom is -0.497 e. The second-order valence-corrected chi connectivity index (χ2v) is 6.74. The summed E-state index contributed by atoms with van der Waals surface area (Å²) in [7, 11) is 1.61. The van der Waals surface area contributed by atoms with Gasteiger partial charge < -0.3 is 10.1 Å². The summed E-state index contributed by atoms with van der Waals surface area (Å²) in [6.07, 6.45) is 0. The third-order valence-electron chi connectivity index (χ3n) is 3.64. The van der Waals surface area contributed by atoms with Crippen LogP contribution in [-0.4, -0.2) is 28.7 Å². The molecule has 0 aliphatic carbocycles.